The number of carbonyl (C=O) groups is 1. The number of aryl methyl sites for hydroxylation is 1. The lowest BCUT2D eigenvalue weighted by atomic mass is 9.76. The van der Waals surface area contributed by atoms with E-state index in [4.69, 9.17) is 0 Å². The van der Waals surface area contributed by atoms with Crippen LogP contribution in [0.4, 0.5) is 0 Å². The topological polar surface area (TPSA) is 60.7 Å². The summed E-state index contributed by atoms with van der Waals surface area (Å²) in [6, 6.07) is 1.87. The normalized spacial score (nSPS) is 17.3. The second kappa shape index (κ2) is 3.98. The predicted octanol–water partition coefficient (Wildman–Crippen LogP) is 2.13. The van der Waals surface area contributed by atoms with Crippen molar-refractivity contribution < 1.29 is 4.79 Å². The van der Waals surface area contributed by atoms with E-state index in [0.29, 0.717) is 6.42 Å². The lowest BCUT2D eigenvalue weighted by Crippen LogP contribution is -2.28. The molecule has 1 aliphatic rings. The van der Waals surface area contributed by atoms with Crippen LogP contribution in [0.5, 0.6) is 0 Å². The monoisotopic (exact) mass is 256 g/mol. The molecule has 0 saturated heterocycles. The number of fused-ring (bicyclic) bond motifs is 1. The average molecular weight is 256 g/mol. The molecule has 1 aliphatic carbocycles. The summed E-state index contributed by atoms with van der Waals surface area (Å²) >= 11 is 0. The van der Waals surface area contributed by atoms with Gasteiger partial charge in [0.05, 0.1) is 17.5 Å². The van der Waals surface area contributed by atoms with Crippen LogP contribution in [-0.2, 0) is 6.42 Å². The first kappa shape index (κ1) is 12.0. The zero-order valence-corrected chi connectivity index (χ0v) is 11.3. The molecule has 0 aromatic carbocycles. The first-order valence-electron chi connectivity index (χ1n) is 6.35. The molecule has 19 heavy (non-hydrogen) atoms. The van der Waals surface area contributed by atoms with Gasteiger partial charge in [0, 0.05) is 18.2 Å². The number of ketones is 1. The second-order valence-electron chi connectivity index (χ2n) is 5.88. The molecule has 2 heterocycles. The van der Waals surface area contributed by atoms with Crippen molar-refractivity contribution in [3.8, 4) is 5.82 Å². The number of rotatable bonds is 1. The molecule has 0 unspecified atom stereocenters. The fourth-order valence-corrected chi connectivity index (χ4v) is 2.58. The number of Topliss-reactive ketones (excluding diaryl/α,β-unsaturated/α-hetero) is 1. The maximum Gasteiger partial charge on any atom is 0.166 e. The maximum absolute atomic E-state index is 12.1. The number of hydrogen-bond acceptors (Lipinski definition) is 4. The summed E-state index contributed by atoms with van der Waals surface area (Å²) in [4.78, 5) is 20.5. The molecule has 0 fully saturated rings. The highest BCUT2D eigenvalue weighted by atomic mass is 16.1. The molecule has 0 bridgehead atoms. The third-order valence-corrected chi connectivity index (χ3v) is 3.46. The van der Waals surface area contributed by atoms with Crippen molar-refractivity contribution in [3.63, 3.8) is 0 Å². The molecule has 5 heteroatoms. The Morgan fingerprint density at radius 3 is 2.79 bits per heavy atom. The highest BCUT2D eigenvalue weighted by molar-refractivity contribution is 5.98. The Balaban J connectivity index is 2.14. The lowest BCUT2D eigenvalue weighted by Gasteiger charge is -2.28. The molecular weight excluding hydrogens is 240 g/mol. The van der Waals surface area contributed by atoms with E-state index in [9.17, 15) is 4.79 Å². The third-order valence-electron chi connectivity index (χ3n) is 3.46. The fourth-order valence-electron chi connectivity index (χ4n) is 2.58. The van der Waals surface area contributed by atoms with Gasteiger partial charge in [-0.15, -0.1) is 0 Å². The molecule has 0 N–H and O–H groups in total. The van der Waals surface area contributed by atoms with Gasteiger partial charge in [0.15, 0.2) is 11.6 Å². The van der Waals surface area contributed by atoms with Gasteiger partial charge in [-0.05, 0) is 18.8 Å². The van der Waals surface area contributed by atoms with E-state index < -0.39 is 0 Å². The smallest absolute Gasteiger partial charge is 0.166 e. The summed E-state index contributed by atoms with van der Waals surface area (Å²) in [5.74, 6) is 0.891. The van der Waals surface area contributed by atoms with Crippen LogP contribution in [0.1, 0.15) is 42.0 Å². The Morgan fingerprint density at radius 1 is 1.26 bits per heavy atom. The molecule has 0 saturated carbocycles. The van der Waals surface area contributed by atoms with Gasteiger partial charge < -0.3 is 0 Å². The SMILES string of the molecule is Cc1cc(-n2ncc3c2CC(C)(C)CC3=O)ncn1. The van der Waals surface area contributed by atoms with Gasteiger partial charge >= 0.3 is 0 Å². The molecule has 2 aromatic rings. The van der Waals surface area contributed by atoms with Crippen molar-refractivity contribution in [2.45, 2.75) is 33.6 Å². The number of aromatic nitrogens is 4. The zero-order valence-electron chi connectivity index (χ0n) is 11.3. The van der Waals surface area contributed by atoms with Crippen LogP contribution in [0.15, 0.2) is 18.6 Å². The third kappa shape index (κ3) is 2.05. The Kier molecular flexibility index (Phi) is 2.52. The molecule has 0 atom stereocenters. The minimum atomic E-state index is -0.0239. The van der Waals surface area contributed by atoms with Gasteiger partial charge in [0.25, 0.3) is 0 Å². The summed E-state index contributed by atoms with van der Waals surface area (Å²) < 4.78 is 1.77. The summed E-state index contributed by atoms with van der Waals surface area (Å²) in [5.41, 5.74) is 2.55. The summed E-state index contributed by atoms with van der Waals surface area (Å²) in [6.45, 7) is 6.13. The van der Waals surface area contributed by atoms with Crippen LogP contribution < -0.4 is 0 Å². The van der Waals surface area contributed by atoms with E-state index in [1.165, 1.54) is 6.33 Å². The summed E-state index contributed by atoms with van der Waals surface area (Å²) in [5, 5.41) is 4.33. The van der Waals surface area contributed by atoms with E-state index in [2.05, 4.69) is 28.9 Å². The molecule has 0 spiro atoms. The van der Waals surface area contributed by atoms with Crippen LogP contribution in [-0.4, -0.2) is 25.5 Å². The van der Waals surface area contributed by atoms with Crippen LogP contribution in [0, 0.1) is 12.3 Å². The Labute approximate surface area is 111 Å². The van der Waals surface area contributed by atoms with E-state index in [1.54, 1.807) is 10.9 Å². The van der Waals surface area contributed by atoms with E-state index in [0.717, 1.165) is 29.2 Å². The van der Waals surface area contributed by atoms with E-state index in [1.807, 2.05) is 13.0 Å². The zero-order chi connectivity index (χ0) is 13.6. The predicted molar refractivity (Wildman–Crippen MR) is 70.3 cm³/mol. The summed E-state index contributed by atoms with van der Waals surface area (Å²) in [7, 11) is 0. The number of nitrogens with zero attached hydrogens (tertiary/aromatic N) is 4. The van der Waals surface area contributed by atoms with Crippen molar-refractivity contribution in [3.05, 3.63) is 35.5 Å². The second-order valence-corrected chi connectivity index (χ2v) is 5.88. The van der Waals surface area contributed by atoms with Gasteiger partial charge in [0.2, 0.25) is 0 Å². The van der Waals surface area contributed by atoms with Gasteiger partial charge in [-0.25, -0.2) is 14.6 Å². The van der Waals surface area contributed by atoms with Gasteiger partial charge in [-0.3, -0.25) is 4.79 Å². The molecule has 2 aromatic heterocycles. The molecule has 0 amide bonds. The van der Waals surface area contributed by atoms with Gasteiger partial charge in [-0.1, -0.05) is 13.8 Å². The number of carbonyl (C=O) groups excluding carboxylic acids is 1. The van der Waals surface area contributed by atoms with Crippen molar-refractivity contribution in [1.82, 2.24) is 19.7 Å². The van der Waals surface area contributed by atoms with Gasteiger partial charge in [0.1, 0.15) is 6.33 Å². The van der Waals surface area contributed by atoms with E-state index in [-0.39, 0.29) is 11.2 Å². The largest absolute Gasteiger partial charge is 0.294 e. The molecule has 5 nitrogen and oxygen atoms in total. The maximum atomic E-state index is 12.1. The minimum absolute atomic E-state index is 0.0239. The van der Waals surface area contributed by atoms with Crippen molar-refractivity contribution in [2.75, 3.05) is 0 Å². The van der Waals surface area contributed by atoms with Crippen LogP contribution in [0.2, 0.25) is 0 Å². The van der Waals surface area contributed by atoms with Crippen molar-refractivity contribution in [2.24, 2.45) is 5.41 Å². The highest BCUT2D eigenvalue weighted by Gasteiger charge is 2.34. The van der Waals surface area contributed by atoms with Crippen LogP contribution in [0.3, 0.4) is 0 Å². The van der Waals surface area contributed by atoms with E-state index >= 15 is 0 Å². The molecular formula is C14H16N4O. The van der Waals surface area contributed by atoms with Crippen molar-refractivity contribution in [1.29, 1.82) is 0 Å². The molecule has 0 radical (unpaired) electrons. The highest BCUT2D eigenvalue weighted by Crippen LogP contribution is 2.35. The summed E-state index contributed by atoms with van der Waals surface area (Å²) in [6.07, 6.45) is 4.59. The molecule has 0 aliphatic heterocycles. The average Bonchev–Trinajstić information content (AvgIpc) is 2.71. The number of hydrogen-bond donors (Lipinski definition) is 0. The standard InChI is InChI=1S/C14H16N4O/c1-9-4-13(16-8-15-9)18-11-5-14(2,3)6-12(19)10(11)7-17-18/h4,7-8H,5-6H2,1-3H3. The first-order chi connectivity index (χ1) is 8.96. The Hall–Kier alpha value is -2.04. The van der Waals surface area contributed by atoms with Crippen molar-refractivity contribution >= 4 is 5.78 Å². The Morgan fingerprint density at radius 2 is 2.05 bits per heavy atom. The first-order valence-corrected chi connectivity index (χ1v) is 6.35. The quantitative estimate of drug-likeness (QED) is 0.784. The van der Waals surface area contributed by atoms with Gasteiger partial charge in [-0.2, -0.15) is 5.10 Å². The van der Waals surface area contributed by atoms with Crippen LogP contribution in [0.25, 0.3) is 5.82 Å². The lowest BCUT2D eigenvalue weighted by molar-refractivity contribution is 0.0911. The fraction of sp³-hybridized carbons (Fsp3) is 0.429. The molecule has 98 valence electrons. The molecule has 3 rings (SSSR count). The minimum Gasteiger partial charge on any atom is -0.294 e. The van der Waals surface area contributed by atoms with Crippen LogP contribution >= 0.6 is 0 Å². The Bertz CT molecular complexity index is 657.